The summed E-state index contributed by atoms with van der Waals surface area (Å²) in [6.07, 6.45) is 0.892. The van der Waals surface area contributed by atoms with Crippen LogP contribution >= 0.6 is 0 Å². The second kappa shape index (κ2) is 6.03. The van der Waals surface area contributed by atoms with Crippen molar-refractivity contribution >= 4 is 11.8 Å². The van der Waals surface area contributed by atoms with E-state index in [1.165, 1.54) is 11.1 Å². The first-order chi connectivity index (χ1) is 12.0. The summed E-state index contributed by atoms with van der Waals surface area (Å²) in [6, 6.07) is 14.1. The van der Waals surface area contributed by atoms with Crippen molar-refractivity contribution in [3.05, 3.63) is 70.3 Å². The Bertz CT molecular complexity index is 859. The highest BCUT2D eigenvalue weighted by Gasteiger charge is 2.38. The summed E-state index contributed by atoms with van der Waals surface area (Å²) in [5, 5.41) is 0. The molecule has 0 spiro atoms. The summed E-state index contributed by atoms with van der Waals surface area (Å²) in [5.74, 6) is -0.00239. The second-order valence-corrected chi connectivity index (χ2v) is 7.06. The molecule has 0 saturated carbocycles. The van der Waals surface area contributed by atoms with Gasteiger partial charge in [-0.05, 0) is 43.0 Å². The van der Waals surface area contributed by atoms with Crippen LogP contribution in [0.15, 0.2) is 42.5 Å². The third kappa shape index (κ3) is 2.72. The maximum atomic E-state index is 13.0. The van der Waals surface area contributed by atoms with Crippen molar-refractivity contribution in [2.45, 2.75) is 26.3 Å². The molecule has 128 valence electrons. The molecule has 4 rings (SSSR count). The fourth-order valence-corrected chi connectivity index (χ4v) is 4.05. The third-order valence-electron chi connectivity index (χ3n) is 5.35. The summed E-state index contributed by atoms with van der Waals surface area (Å²) in [5.41, 5.74) is 5.26. The summed E-state index contributed by atoms with van der Waals surface area (Å²) < 4.78 is 0. The number of rotatable bonds is 1. The zero-order chi connectivity index (χ0) is 17.6. The van der Waals surface area contributed by atoms with Crippen molar-refractivity contribution in [2.75, 3.05) is 19.6 Å². The number of carbonyl (C=O) groups excluding carboxylic acids is 2. The Morgan fingerprint density at radius 3 is 2.72 bits per heavy atom. The first-order valence-corrected chi connectivity index (χ1v) is 8.78. The normalized spacial score (nSPS) is 19.4. The maximum Gasteiger partial charge on any atom is 0.254 e. The fraction of sp³-hybridized carbons (Fsp3) is 0.333. The van der Waals surface area contributed by atoms with Crippen LogP contribution in [0.25, 0.3) is 0 Å². The monoisotopic (exact) mass is 334 g/mol. The molecule has 1 fully saturated rings. The lowest BCUT2D eigenvalue weighted by Crippen LogP contribution is -2.55. The first-order valence-electron chi connectivity index (χ1n) is 8.78. The van der Waals surface area contributed by atoms with E-state index in [1.54, 1.807) is 4.90 Å². The van der Waals surface area contributed by atoms with Crippen molar-refractivity contribution in [3.63, 3.8) is 0 Å². The van der Waals surface area contributed by atoms with E-state index in [-0.39, 0.29) is 24.4 Å². The molecule has 2 amide bonds. The predicted molar refractivity (Wildman–Crippen MR) is 96.4 cm³/mol. The average Bonchev–Trinajstić information content (AvgIpc) is 2.61. The third-order valence-corrected chi connectivity index (χ3v) is 5.35. The van der Waals surface area contributed by atoms with E-state index < -0.39 is 0 Å². The van der Waals surface area contributed by atoms with Gasteiger partial charge in [0.2, 0.25) is 5.91 Å². The summed E-state index contributed by atoms with van der Waals surface area (Å²) in [4.78, 5) is 29.3. The highest BCUT2D eigenvalue weighted by molar-refractivity contribution is 5.98. The SMILES string of the molecule is Cc1ccc(C(=O)N2CC(=O)N3CCc4ccccc4C3C2)c(C)c1. The smallest absolute Gasteiger partial charge is 0.254 e. The number of hydrogen-bond acceptors (Lipinski definition) is 2. The first kappa shape index (κ1) is 15.9. The van der Waals surface area contributed by atoms with Gasteiger partial charge >= 0.3 is 0 Å². The molecule has 2 aliphatic heterocycles. The highest BCUT2D eigenvalue weighted by atomic mass is 16.2. The van der Waals surface area contributed by atoms with E-state index in [1.807, 2.05) is 49.1 Å². The van der Waals surface area contributed by atoms with Crippen molar-refractivity contribution in [3.8, 4) is 0 Å². The van der Waals surface area contributed by atoms with Crippen LogP contribution in [0.1, 0.15) is 38.7 Å². The van der Waals surface area contributed by atoms with Crippen LogP contribution in [-0.4, -0.2) is 41.2 Å². The number of nitrogens with zero attached hydrogens (tertiary/aromatic N) is 2. The molecule has 0 bridgehead atoms. The lowest BCUT2D eigenvalue weighted by molar-refractivity contribution is -0.139. The minimum atomic E-state index is -0.0476. The summed E-state index contributed by atoms with van der Waals surface area (Å²) >= 11 is 0. The van der Waals surface area contributed by atoms with Crippen molar-refractivity contribution in [2.24, 2.45) is 0 Å². The Morgan fingerprint density at radius 1 is 1.12 bits per heavy atom. The molecule has 1 atom stereocenters. The molecule has 2 aliphatic rings. The lowest BCUT2D eigenvalue weighted by atomic mass is 9.90. The van der Waals surface area contributed by atoms with Gasteiger partial charge in [0.05, 0.1) is 6.04 Å². The van der Waals surface area contributed by atoms with Crippen molar-refractivity contribution in [1.82, 2.24) is 9.80 Å². The highest BCUT2D eigenvalue weighted by Crippen LogP contribution is 2.33. The Hall–Kier alpha value is -2.62. The number of carbonyl (C=O) groups is 2. The standard InChI is InChI=1S/C21H22N2O2/c1-14-7-8-17(15(2)11-14)21(25)22-12-19-18-6-4-3-5-16(18)9-10-23(19)20(24)13-22/h3-8,11,19H,9-10,12-13H2,1-2H3. The van der Waals surface area contributed by atoms with Gasteiger partial charge in [0.15, 0.2) is 0 Å². The molecule has 4 nitrogen and oxygen atoms in total. The van der Waals surface area contributed by atoms with Crippen molar-refractivity contribution in [1.29, 1.82) is 0 Å². The van der Waals surface area contributed by atoms with Gasteiger partial charge in [-0.3, -0.25) is 9.59 Å². The molecule has 4 heteroatoms. The van der Waals surface area contributed by atoms with E-state index in [4.69, 9.17) is 0 Å². The minimum Gasteiger partial charge on any atom is -0.332 e. The van der Waals surface area contributed by atoms with Gasteiger partial charge in [0, 0.05) is 18.7 Å². The van der Waals surface area contributed by atoms with Gasteiger partial charge < -0.3 is 9.80 Å². The van der Waals surface area contributed by atoms with Gasteiger partial charge in [-0.2, -0.15) is 0 Å². The number of fused-ring (bicyclic) bond motifs is 3. The molecular weight excluding hydrogens is 312 g/mol. The molecule has 1 saturated heterocycles. The molecular formula is C21H22N2O2. The predicted octanol–water partition coefficient (Wildman–Crippen LogP) is 2.89. The Labute approximate surface area is 148 Å². The number of piperazine rings is 1. The van der Waals surface area contributed by atoms with Gasteiger partial charge in [0.1, 0.15) is 6.54 Å². The minimum absolute atomic E-state index is 0.0269. The van der Waals surface area contributed by atoms with E-state index in [2.05, 4.69) is 12.1 Å². The zero-order valence-electron chi connectivity index (χ0n) is 14.7. The maximum absolute atomic E-state index is 13.0. The lowest BCUT2D eigenvalue weighted by Gasteiger charge is -2.44. The van der Waals surface area contributed by atoms with Gasteiger partial charge in [-0.1, -0.05) is 42.0 Å². The molecule has 2 aromatic rings. The van der Waals surface area contributed by atoms with E-state index in [9.17, 15) is 9.59 Å². The van der Waals surface area contributed by atoms with E-state index in [0.29, 0.717) is 12.1 Å². The fourth-order valence-electron chi connectivity index (χ4n) is 4.05. The average molecular weight is 334 g/mol. The molecule has 25 heavy (non-hydrogen) atoms. The summed E-state index contributed by atoms with van der Waals surface area (Å²) in [6.45, 7) is 5.45. The van der Waals surface area contributed by atoms with Crippen LogP contribution in [0, 0.1) is 13.8 Å². The second-order valence-electron chi connectivity index (χ2n) is 7.06. The number of benzene rings is 2. The Morgan fingerprint density at radius 2 is 1.92 bits per heavy atom. The van der Waals surface area contributed by atoms with E-state index >= 15 is 0 Å². The molecule has 1 unspecified atom stereocenters. The molecule has 0 radical (unpaired) electrons. The van der Waals surface area contributed by atoms with Crippen molar-refractivity contribution < 1.29 is 9.59 Å². The quantitative estimate of drug-likeness (QED) is 0.804. The molecule has 2 heterocycles. The topological polar surface area (TPSA) is 40.6 Å². The van der Waals surface area contributed by atoms with Gasteiger partial charge in [-0.25, -0.2) is 0 Å². The van der Waals surface area contributed by atoms with Gasteiger partial charge in [-0.15, -0.1) is 0 Å². The van der Waals surface area contributed by atoms with Crippen LogP contribution in [-0.2, 0) is 11.2 Å². The van der Waals surface area contributed by atoms with Crippen LogP contribution < -0.4 is 0 Å². The molecule has 0 aromatic heterocycles. The number of aryl methyl sites for hydroxylation is 2. The zero-order valence-corrected chi connectivity index (χ0v) is 14.7. The van der Waals surface area contributed by atoms with Crippen LogP contribution in [0.4, 0.5) is 0 Å². The number of hydrogen-bond donors (Lipinski definition) is 0. The Kier molecular flexibility index (Phi) is 3.83. The molecule has 0 aliphatic carbocycles. The van der Waals surface area contributed by atoms with Crippen LogP contribution in [0.3, 0.4) is 0 Å². The van der Waals surface area contributed by atoms with Gasteiger partial charge in [0.25, 0.3) is 5.91 Å². The Balaban J connectivity index is 1.65. The van der Waals surface area contributed by atoms with Crippen LogP contribution in [0.5, 0.6) is 0 Å². The molecule has 0 N–H and O–H groups in total. The number of amides is 2. The van der Waals surface area contributed by atoms with Crippen LogP contribution in [0.2, 0.25) is 0 Å². The molecule has 2 aromatic carbocycles. The van der Waals surface area contributed by atoms with E-state index in [0.717, 1.165) is 24.1 Å². The summed E-state index contributed by atoms with van der Waals surface area (Å²) in [7, 11) is 0. The largest absolute Gasteiger partial charge is 0.332 e.